The highest BCUT2D eigenvalue weighted by atomic mass is 79.9. The molecule has 0 heterocycles. The van der Waals surface area contributed by atoms with E-state index in [1.54, 1.807) is 0 Å². The fourth-order valence-electron chi connectivity index (χ4n) is 1.42. The Kier molecular flexibility index (Phi) is 4.71. The molecule has 1 amide bonds. The van der Waals surface area contributed by atoms with E-state index in [1.807, 2.05) is 19.9 Å². The second kappa shape index (κ2) is 5.65. The Morgan fingerprint density at radius 3 is 2.65 bits per heavy atom. The van der Waals surface area contributed by atoms with Crippen LogP contribution in [0.4, 0.5) is 0 Å². The lowest BCUT2D eigenvalue weighted by molar-refractivity contribution is -0.125. The van der Waals surface area contributed by atoms with Crippen LogP contribution >= 0.6 is 15.9 Å². The molecule has 0 atom stereocenters. The first-order valence-corrected chi connectivity index (χ1v) is 6.38. The Balaban J connectivity index is 2.51. The molecule has 1 aromatic rings. The number of carbonyl (C=O) groups excluding carboxylic acids is 1. The SMILES string of the molecule is Cc1cc(CNCC(C)(C)C(N)=O)ccc1Br. The number of carbonyl (C=O) groups is 1. The van der Waals surface area contributed by atoms with Crippen LogP contribution in [0.25, 0.3) is 0 Å². The lowest BCUT2D eigenvalue weighted by Gasteiger charge is -2.20. The van der Waals surface area contributed by atoms with Crippen LogP contribution in [0, 0.1) is 12.3 Å². The molecular formula is C13H19BrN2O. The fraction of sp³-hybridized carbons (Fsp3) is 0.462. The number of halogens is 1. The van der Waals surface area contributed by atoms with Gasteiger partial charge in [0, 0.05) is 17.6 Å². The van der Waals surface area contributed by atoms with Gasteiger partial charge in [-0.05, 0) is 38.0 Å². The third kappa shape index (κ3) is 4.13. The lowest BCUT2D eigenvalue weighted by atomic mass is 9.93. The zero-order valence-electron chi connectivity index (χ0n) is 10.5. The van der Waals surface area contributed by atoms with Crippen molar-refractivity contribution < 1.29 is 4.79 Å². The average Bonchev–Trinajstić information content (AvgIpc) is 2.23. The molecular weight excluding hydrogens is 280 g/mol. The minimum absolute atomic E-state index is 0.281. The Labute approximate surface area is 111 Å². The highest BCUT2D eigenvalue weighted by Crippen LogP contribution is 2.17. The van der Waals surface area contributed by atoms with Gasteiger partial charge in [0.25, 0.3) is 0 Å². The molecule has 0 saturated carbocycles. The molecule has 0 saturated heterocycles. The normalized spacial score (nSPS) is 11.5. The Morgan fingerprint density at radius 2 is 2.12 bits per heavy atom. The van der Waals surface area contributed by atoms with Crippen LogP contribution in [0.1, 0.15) is 25.0 Å². The van der Waals surface area contributed by atoms with Crippen molar-refractivity contribution in [1.82, 2.24) is 5.32 Å². The molecule has 0 radical (unpaired) electrons. The molecule has 1 aromatic carbocycles. The van der Waals surface area contributed by atoms with Gasteiger partial charge in [0.05, 0.1) is 5.41 Å². The number of amides is 1. The maximum Gasteiger partial charge on any atom is 0.224 e. The van der Waals surface area contributed by atoms with Crippen molar-refractivity contribution in [2.24, 2.45) is 11.1 Å². The van der Waals surface area contributed by atoms with E-state index in [0.717, 1.165) is 11.0 Å². The van der Waals surface area contributed by atoms with Crippen LogP contribution in [0.2, 0.25) is 0 Å². The van der Waals surface area contributed by atoms with E-state index in [-0.39, 0.29) is 5.91 Å². The third-order valence-electron chi connectivity index (χ3n) is 2.79. The highest BCUT2D eigenvalue weighted by molar-refractivity contribution is 9.10. The van der Waals surface area contributed by atoms with Gasteiger partial charge in [-0.3, -0.25) is 4.79 Å². The number of rotatable bonds is 5. The fourth-order valence-corrected chi connectivity index (χ4v) is 1.67. The maximum absolute atomic E-state index is 11.1. The molecule has 0 spiro atoms. The number of aryl methyl sites for hydroxylation is 1. The first-order valence-electron chi connectivity index (χ1n) is 5.58. The van der Waals surface area contributed by atoms with E-state index in [2.05, 4.69) is 40.3 Å². The van der Waals surface area contributed by atoms with Gasteiger partial charge in [0.15, 0.2) is 0 Å². The molecule has 0 unspecified atom stereocenters. The molecule has 0 fully saturated rings. The lowest BCUT2D eigenvalue weighted by Crippen LogP contribution is -2.40. The quantitative estimate of drug-likeness (QED) is 0.877. The highest BCUT2D eigenvalue weighted by Gasteiger charge is 2.23. The summed E-state index contributed by atoms with van der Waals surface area (Å²) in [6, 6.07) is 6.21. The topological polar surface area (TPSA) is 55.1 Å². The summed E-state index contributed by atoms with van der Waals surface area (Å²) in [7, 11) is 0. The molecule has 3 N–H and O–H groups in total. The summed E-state index contributed by atoms with van der Waals surface area (Å²) in [6.45, 7) is 7.06. The maximum atomic E-state index is 11.1. The van der Waals surface area contributed by atoms with Crippen molar-refractivity contribution in [2.45, 2.75) is 27.3 Å². The van der Waals surface area contributed by atoms with E-state index in [1.165, 1.54) is 11.1 Å². The summed E-state index contributed by atoms with van der Waals surface area (Å²) in [5.74, 6) is -0.281. The summed E-state index contributed by atoms with van der Waals surface area (Å²) >= 11 is 3.47. The second-order valence-corrected chi connectivity index (χ2v) is 5.79. The number of nitrogens with one attached hydrogen (secondary N) is 1. The third-order valence-corrected chi connectivity index (χ3v) is 3.68. The van der Waals surface area contributed by atoms with E-state index in [9.17, 15) is 4.79 Å². The van der Waals surface area contributed by atoms with E-state index < -0.39 is 5.41 Å². The van der Waals surface area contributed by atoms with Crippen molar-refractivity contribution in [3.8, 4) is 0 Å². The van der Waals surface area contributed by atoms with Crippen molar-refractivity contribution in [3.63, 3.8) is 0 Å². The molecule has 3 nitrogen and oxygen atoms in total. The number of nitrogens with two attached hydrogens (primary N) is 1. The first kappa shape index (κ1) is 14.2. The van der Waals surface area contributed by atoms with Crippen LogP contribution in [-0.4, -0.2) is 12.5 Å². The summed E-state index contributed by atoms with van der Waals surface area (Å²) in [5.41, 5.74) is 7.21. The van der Waals surface area contributed by atoms with Gasteiger partial charge >= 0.3 is 0 Å². The van der Waals surface area contributed by atoms with Crippen molar-refractivity contribution >= 4 is 21.8 Å². The van der Waals surface area contributed by atoms with E-state index in [0.29, 0.717) is 6.54 Å². The van der Waals surface area contributed by atoms with E-state index in [4.69, 9.17) is 5.73 Å². The molecule has 1 rings (SSSR count). The van der Waals surface area contributed by atoms with Gasteiger partial charge in [0.2, 0.25) is 5.91 Å². The van der Waals surface area contributed by atoms with Gasteiger partial charge in [-0.1, -0.05) is 28.1 Å². The standard InChI is InChI=1S/C13H19BrN2O/c1-9-6-10(4-5-11(9)14)7-16-8-13(2,3)12(15)17/h4-6,16H,7-8H2,1-3H3,(H2,15,17). The average molecular weight is 299 g/mol. The van der Waals surface area contributed by atoms with Crippen molar-refractivity contribution in [1.29, 1.82) is 0 Å². The van der Waals surface area contributed by atoms with Gasteiger partial charge in [-0.2, -0.15) is 0 Å². The molecule has 0 aliphatic carbocycles. The monoisotopic (exact) mass is 298 g/mol. The zero-order valence-corrected chi connectivity index (χ0v) is 12.1. The van der Waals surface area contributed by atoms with E-state index >= 15 is 0 Å². The van der Waals surface area contributed by atoms with Crippen molar-refractivity contribution in [3.05, 3.63) is 33.8 Å². The summed E-state index contributed by atoms with van der Waals surface area (Å²) in [6.07, 6.45) is 0. The van der Waals surface area contributed by atoms with Gasteiger partial charge < -0.3 is 11.1 Å². The van der Waals surface area contributed by atoms with Gasteiger partial charge in [-0.25, -0.2) is 0 Å². The smallest absolute Gasteiger partial charge is 0.224 e. The Bertz CT molecular complexity index is 416. The Morgan fingerprint density at radius 1 is 1.47 bits per heavy atom. The minimum atomic E-state index is -0.510. The van der Waals surface area contributed by atoms with Crippen LogP contribution < -0.4 is 11.1 Å². The van der Waals surface area contributed by atoms with Crippen LogP contribution in [0.5, 0.6) is 0 Å². The van der Waals surface area contributed by atoms with Crippen LogP contribution in [0.15, 0.2) is 22.7 Å². The molecule has 94 valence electrons. The number of primary amides is 1. The summed E-state index contributed by atoms with van der Waals surface area (Å²) in [5, 5.41) is 3.25. The molecule has 0 aliphatic rings. The minimum Gasteiger partial charge on any atom is -0.369 e. The first-order chi connectivity index (χ1) is 7.83. The number of hydrogen-bond acceptors (Lipinski definition) is 2. The van der Waals surface area contributed by atoms with Crippen molar-refractivity contribution in [2.75, 3.05) is 6.54 Å². The molecule has 0 bridgehead atoms. The number of benzene rings is 1. The summed E-state index contributed by atoms with van der Waals surface area (Å²) in [4.78, 5) is 11.1. The molecule has 0 aliphatic heterocycles. The second-order valence-electron chi connectivity index (χ2n) is 4.94. The van der Waals surface area contributed by atoms with Crippen LogP contribution in [0.3, 0.4) is 0 Å². The predicted octanol–water partition coefficient (Wildman–Crippen LogP) is 2.36. The molecule has 4 heteroatoms. The number of hydrogen-bond donors (Lipinski definition) is 2. The molecule has 17 heavy (non-hydrogen) atoms. The Hall–Kier alpha value is -0.870. The summed E-state index contributed by atoms with van der Waals surface area (Å²) < 4.78 is 1.11. The largest absolute Gasteiger partial charge is 0.369 e. The van der Waals surface area contributed by atoms with Crippen LogP contribution in [-0.2, 0) is 11.3 Å². The predicted molar refractivity (Wildman–Crippen MR) is 73.6 cm³/mol. The molecule has 0 aromatic heterocycles. The van der Waals surface area contributed by atoms with Gasteiger partial charge in [0.1, 0.15) is 0 Å². The zero-order chi connectivity index (χ0) is 13.1. The van der Waals surface area contributed by atoms with Gasteiger partial charge in [-0.15, -0.1) is 0 Å².